The predicted molar refractivity (Wildman–Crippen MR) is 128 cm³/mol. The van der Waals surface area contributed by atoms with Crippen LogP contribution in [0.3, 0.4) is 0 Å². The molecule has 0 aliphatic carbocycles. The molecular formula is C23H32ClN5O2S. The molecule has 0 radical (unpaired) electrons. The van der Waals surface area contributed by atoms with Gasteiger partial charge in [-0.05, 0) is 70.1 Å². The summed E-state index contributed by atoms with van der Waals surface area (Å²) in [6, 6.07) is 7.69. The minimum atomic E-state index is 0.0922. The molecule has 0 bridgehead atoms. The zero-order chi connectivity index (χ0) is 22.8. The van der Waals surface area contributed by atoms with E-state index in [0.29, 0.717) is 29.6 Å². The lowest BCUT2D eigenvalue weighted by Gasteiger charge is -2.39. The maximum absolute atomic E-state index is 13.0. The van der Waals surface area contributed by atoms with Gasteiger partial charge >= 0.3 is 0 Å². The molecule has 0 spiro atoms. The second kappa shape index (κ2) is 10.0. The Morgan fingerprint density at radius 2 is 1.78 bits per heavy atom. The number of carbonyl (C=O) groups is 1. The third-order valence-corrected chi connectivity index (χ3v) is 7.03. The second-order valence-corrected chi connectivity index (χ2v) is 9.69. The van der Waals surface area contributed by atoms with Crippen LogP contribution >= 0.6 is 23.8 Å². The molecule has 0 N–H and O–H groups in total. The van der Waals surface area contributed by atoms with Gasteiger partial charge in [0.05, 0.1) is 18.9 Å². The minimum absolute atomic E-state index is 0.0922. The van der Waals surface area contributed by atoms with Crippen molar-refractivity contribution in [2.75, 3.05) is 26.2 Å². The highest BCUT2D eigenvalue weighted by Crippen LogP contribution is 2.24. The maximum Gasteiger partial charge on any atom is 0.225 e. The van der Waals surface area contributed by atoms with Gasteiger partial charge in [0.25, 0.3) is 0 Å². The first-order valence-electron chi connectivity index (χ1n) is 11.5. The molecule has 7 nitrogen and oxygen atoms in total. The van der Waals surface area contributed by atoms with Crippen molar-refractivity contribution in [2.45, 2.75) is 59.0 Å². The van der Waals surface area contributed by atoms with E-state index in [4.69, 9.17) is 33.7 Å². The van der Waals surface area contributed by atoms with Gasteiger partial charge in [-0.15, -0.1) is 0 Å². The van der Waals surface area contributed by atoms with E-state index in [0.717, 1.165) is 43.9 Å². The van der Waals surface area contributed by atoms with Gasteiger partial charge in [-0.1, -0.05) is 11.6 Å². The molecule has 2 aliphatic rings. The number of ether oxygens (including phenoxy) is 1. The monoisotopic (exact) mass is 477 g/mol. The number of aromatic nitrogens is 3. The van der Waals surface area contributed by atoms with Crippen molar-refractivity contribution < 1.29 is 9.53 Å². The van der Waals surface area contributed by atoms with Crippen LogP contribution in [0.5, 0.6) is 0 Å². The first-order valence-corrected chi connectivity index (χ1v) is 12.2. The van der Waals surface area contributed by atoms with Crippen molar-refractivity contribution in [3.8, 4) is 11.4 Å². The van der Waals surface area contributed by atoms with Gasteiger partial charge in [0.1, 0.15) is 0 Å². The minimum Gasteiger partial charge on any atom is -0.372 e. The normalized spacial score (nSPS) is 22.9. The number of nitrogens with zero attached hydrogens (tertiary/aromatic N) is 5. The molecule has 1 aromatic carbocycles. The van der Waals surface area contributed by atoms with E-state index < -0.39 is 0 Å². The lowest BCUT2D eigenvalue weighted by Crippen LogP contribution is -2.51. The number of morpholine rings is 1. The lowest BCUT2D eigenvalue weighted by atomic mass is 9.95. The van der Waals surface area contributed by atoms with E-state index in [-0.39, 0.29) is 24.0 Å². The number of hydrogen-bond acceptors (Lipinski definition) is 5. The van der Waals surface area contributed by atoms with E-state index in [1.165, 1.54) is 0 Å². The molecule has 4 rings (SSSR count). The van der Waals surface area contributed by atoms with E-state index in [9.17, 15) is 4.79 Å². The molecule has 1 amide bonds. The molecule has 3 heterocycles. The van der Waals surface area contributed by atoms with Gasteiger partial charge in [-0.2, -0.15) is 5.10 Å². The third kappa shape index (κ3) is 5.09. The summed E-state index contributed by atoms with van der Waals surface area (Å²) in [5.41, 5.74) is 0.999. The van der Waals surface area contributed by atoms with Crippen LogP contribution in [0.1, 0.15) is 33.6 Å². The molecule has 2 fully saturated rings. The highest BCUT2D eigenvalue weighted by atomic mass is 35.5. The van der Waals surface area contributed by atoms with E-state index in [1.807, 2.05) is 47.7 Å². The quantitative estimate of drug-likeness (QED) is 0.608. The fraction of sp³-hybridized carbons (Fsp3) is 0.609. The van der Waals surface area contributed by atoms with Crippen LogP contribution < -0.4 is 0 Å². The van der Waals surface area contributed by atoms with Gasteiger partial charge in [0, 0.05) is 49.2 Å². The summed E-state index contributed by atoms with van der Waals surface area (Å²) < 4.78 is 10.4. The zero-order valence-electron chi connectivity index (χ0n) is 19.0. The number of benzene rings is 1. The van der Waals surface area contributed by atoms with Crippen molar-refractivity contribution >= 4 is 29.7 Å². The van der Waals surface area contributed by atoms with Crippen LogP contribution in [0.4, 0.5) is 0 Å². The van der Waals surface area contributed by atoms with E-state index in [1.54, 1.807) is 0 Å². The van der Waals surface area contributed by atoms with Crippen LogP contribution in [0.2, 0.25) is 5.02 Å². The van der Waals surface area contributed by atoms with Gasteiger partial charge in [-0.25, -0.2) is 4.68 Å². The number of likely N-dealkylation sites (tertiary alicyclic amines) is 1. The summed E-state index contributed by atoms with van der Waals surface area (Å²) >= 11 is 11.8. The van der Waals surface area contributed by atoms with Crippen LogP contribution in [-0.2, 0) is 22.7 Å². The topological polar surface area (TPSA) is 55.5 Å². The van der Waals surface area contributed by atoms with Gasteiger partial charge in [0.2, 0.25) is 5.91 Å². The third-order valence-electron chi connectivity index (χ3n) is 6.34. The molecule has 2 saturated heterocycles. The fourth-order valence-corrected chi connectivity index (χ4v) is 5.20. The number of rotatable bonds is 5. The molecule has 0 saturated carbocycles. The molecular weight excluding hydrogens is 446 g/mol. The Morgan fingerprint density at radius 3 is 2.38 bits per heavy atom. The predicted octanol–water partition coefficient (Wildman–Crippen LogP) is 4.06. The van der Waals surface area contributed by atoms with Crippen molar-refractivity contribution in [1.29, 1.82) is 0 Å². The zero-order valence-corrected chi connectivity index (χ0v) is 20.6. The highest BCUT2D eigenvalue weighted by molar-refractivity contribution is 7.71. The number of piperidine rings is 1. The summed E-state index contributed by atoms with van der Waals surface area (Å²) in [6.07, 6.45) is 1.94. The summed E-state index contributed by atoms with van der Waals surface area (Å²) in [5, 5.41) is 5.52. The average molecular weight is 478 g/mol. The smallest absolute Gasteiger partial charge is 0.225 e. The van der Waals surface area contributed by atoms with E-state index >= 15 is 0 Å². The molecule has 9 heteroatoms. The number of amides is 1. The Morgan fingerprint density at radius 1 is 1.16 bits per heavy atom. The average Bonchev–Trinajstić information content (AvgIpc) is 3.08. The summed E-state index contributed by atoms with van der Waals surface area (Å²) in [4.78, 5) is 17.4. The number of carbonyl (C=O) groups excluding carboxylic acids is 1. The maximum atomic E-state index is 13.0. The van der Waals surface area contributed by atoms with E-state index in [2.05, 4.69) is 16.4 Å². The Bertz CT molecular complexity index is 987. The van der Waals surface area contributed by atoms with Crippen LogP contribution in [-0.4, -0.2) is 68.4 Å². The van der Waals surface area contributed by atoms with Crippen LogP contribution in [0, 0.1) is 10.7 Å². The molecule has 2 unspecified atom stereocenters. The number of halogens is 1. The largest absolute Gasteiger partial charge is 0.372 e. The van der Waals surface area contributed by atoms with Crippen LogP contribution in [0.15, 0.2) is 24.3 Å². The SMILES string of the molecule is CCn1c(-c2ccc(Cl)cc2)nn(CN2CCC(C(=O)N3CC(C)OC(C)C3)CC2)c1=S. The highest BCUT2D eigenvalue weighted by Gasteiger charge is 2.32. The Hall–Kier alpha value is -1.74. The van der Waals surface area contributed by atoms with Crippen molar-refractivity contribution in [2.24, 2.45) is 5.92 Å². The molecule has 32 heavy (non-hydrogen) atoms. The Labute approximate surface area is 199 Å². The van der Waals surface area contributed by atoms with Crippen molar-refractivity contribution in [1.82, 2.24) is 24.1 Å². The summed E-state index contributed by atoms with van der Waals surface area (Å²) in [7, 11) is 0. The van der Waals surface area contributed by atoms with Crippen molar-refractivity contribution in [3.05, 3.63) is 34.1 Å². The standard InChI is InChI=1S/C23H32ClN5O2S/c1-4-28-21(18-5-7-20(24)8-6-18)25-29(23(28)32)15-26-11-9-19(10-12-26)22(30)27-13-16(2)31-17(3)14-27/h5-8,16-17,19H,4,9-15H2,1-3H3. The lowest BCUT2D eigenvalue weighted by molar-refractivity contribution is -0.149. The Balaban J connectivity index is 1.39. The van der Waals surface area contributed by atoms with Gasteiger partial charge in [-0.3, -0.25) is 9.69 Å². The van der Waals surface area contributed by atoms with Gasteiger partial charge in [0.15, 0.2) is 10.6 Å². The summed E-state index contributed by atoms with van der Waals surface area (Å²) in [5.74, 6) is 1.23. The molecule has 2 atom stereocenters. The first-order chi connectivity index (χ1) is 15.4. The Kier molecular flexibility index (Phi) is 7.34. The molecule has 1 aromatic heterocycles. The van der Waals surface area contributed by atoms with Crippen molar-refractivity contribution in [3.63, 3.8) is 0 Å². The fourth-order valence-electron chi connectivity index (χ4n) is 4.76. The number of hydrogen-bond donors (Lipinski definition) is 0. The van der Waals surface area contributed by atoms with Gasteiger partial charge < -0.3 is 14.2 Å². The second-order valence-electron chi connectivity index (χ2n) is 8.89. The first kappa shape index (κ1) is 23.4. The van der Waals surface area contributed by atoms with Crippen LogP contribution in [0.25, 0.3) is 11.4 Å². The molecule has 2 aliphatic heterocycles. The summed E-state index contributed by atoms with van der Waals surface area (Å²) in [6.45, 7) is 10.7. The molecule has 2 aromatic rings. The molecule has 174 valence electrons.